The van der Waals surface area contributed by atoms with Crippen LogP contribution in [0, 0.1) is 0 Å². The Bertz CT molecular complexity index is 1190. The number of pyridine rings is 1. The largest absolute Gasteiger partial charge is 0.497 e. The first-order valence-corrected chi connectivity index (χ1v) is 10.5. The number of ether oxygens (including phenoxy) is 3. The third-order valence-electron chi connectivity index (χ3n) is 5.28. The molecule has 0 bridgehead atoms. The first-order chi connectivity index (χ1) is 15.7. The van der Waals surface area contributed by atoms with Gasteiger partial charge < -0.3 is 29.8 Å². The van der Waals surface area contributed by atoms with Crippen molar-refractivity contribution in [1.82, 2.24) is 9.97 Å². The molecule has 0 aliphatic rings. The van der Waals surface area contributed by atoms with Crippen molar-refractivity contribution < 1.29 is 14.2 Å². The van der Waals surface area contributed by atoms with Gasteiger partial charge in [0.15, 0.2) is 0 Å². The summed E-state index contributed by atoms with van der Waals surface area (Å²) in [4.78, 5) is 7.62. The van der Waals surface area contributed by atoms with Crippen molar-refractivity contribution in [2.75, 3.05) is 38.5 Å². The molecular formula is C25H28N4O3. The molecule has 4 aromatic rings. The Balaban J connectivity index is 1.40. The summed E-state index contributed by atoms with van der Waals surface area (Å²) in [5.41, 5.74) is 6.06. The summed E-state index contributed by atoms with van der Waals surface area (Å²) >= 11 is 0. The Hall–Kier alpha value is -3.71. The Labute approximate surface area is 187 Å². The smallest absolute Gasteiger partial charge is 0.144 e. The molecule has 3 N–H and O–H groups in total. The summed E-state index contributed by atoms with van der Waals surface area (Å²) in [6.45, 7) is 1.26. The number of hydrogen-bond donors (Lipinski definition) is 3. The van der Waals surface area contributed by atoms with Crippen molar-refractivity contribution in [3.63, 3.8) is 0 Å². The number of anilines is 3. The van der Waals surface area contributed by atoms with Gasteiger partial charge in [-0.05, 0) is 48.4 Å². The van der Waals surface area contributed by atoms with Crippen molar-refractivity contribution in [2.24, 2.45) is 0 Å². The predicted molar refractivity (Wildman–Crippen MR) is 128 cm³/mol. The molecule has 4 rings (SSSR count). The summed E-state index contributed by atoms with van der Waals surface area (Å²) in [5.74, 6) is 1.63. The highest BCUT2D eigenvalue weighted by Gasteiger charge is 2.08. The molecule has 0 saturated heterocycles. The van der Waals surface area contributed by atoms with Gasteiger partial charge in [-0.1, -0.05) is 0 Å². The van der Waals surface area contributed by atoms with E-state index in [9.17, 15) is 0 Å². The van der Waals surface area contributed by atoms with E-state index >= 15 is 0 Å². The number of aromatic nitrogens is 2. The maximum absolute atomic E-state index is 5.61. The average molecular weight is 433 g/mol. The number of benzene rings is 2. The van der Waals surface area contributed by atoms with Crippen molar-refractivity contribution in [2.45, 2.75) is 13.0 Å². The van der Waals surface area contributed by atoms with E-state index in [0.29, 0.717) is 6.61 Å². The van der Waals surface area contributed by atoms with Gasteiger partial charge in [-0.25, -0.2) is 0 Å². The molecule has 0 fully saturated rings. The van der Waals surface area contributed by atoms with Crippen molar-refractivity contribution in [3.05, 3.63) is 72.2 Å². The molecule has 7 heteroatoms. The van der Waals surface area contributed by atoms with Gasteiger partial charge in [-0.15, -0.1) is 0 Å². The Kier molecular flexibility index (Phi) is 6.77. The summed E-state index contributed by atoms with van der Waals surface area (Å²) in [5, 5.41) is 8.10. The monoisotopic (exact) mass is 432 g/mol. The summed E-state index contributed by atoms with van der Waals surface area (Å²) in [6.07, 6.45) is 4.71. The van der Waals surface area contributed by atoms with Crippen LogP contribution in [0.15, 0.2) is 60.9 Å². The zero-order valence-corrected chi connectivity index (χ0v) is 18.6. The second kappa shape index (κ2) is 10.1. The molecule has 0 radical (unpaired) electrons. The average Bonchev–Trinajstić information content (AvgIpc) is 3.22. The molecule has 0 unspecified atom stereocenters. The molecule has 166 valence electrons. The van der Waals surface area contributed by atoms with Crippen LogP contribution in [-0.4, -0.2) is 37.8 Å². The number of hydrogen-bond acceptors (Lipinski definition) is 6. The van der Waals surface area contributed by atoms with Crippen LogP contribution in [0.3, 0.4) is 0 Å². The number of fused-ring (bicyclic) bond motifs is 1. The highest BCUT2D eigenvalue weighted by molar-refractivity contribution is 5.84. The van der Waals surface area contributed by atoms with Gasteiger partial charge in [0.2, 0.25) is 0 Å². The van der Waals surface area contributed by atoms with Crippen LogP contribution in [0.4, 0.5) is 17.1 Å². The van der Waals surface area contributed by atoms with Gasteiger partial charge in [0.1, 0.15) is 11.5 Å². The van der Waals surface area contributed by atoms with Gasteiger partial charge in [-0.3, -0.25) is 4.98 Å². The standard InChI is InChI=1S/C25H28N4O3/c1-30-16-20-12-19(9-11-26-20)29-18-4-7-23(25(13-18)32-3)27-10-8-17-15-28-24-14-21(31-2)5-6-22(17)24/h4-7,9,11-15,27-28H,8,10,16H2,1-3H3,(H,26,29). The lowest BCUT2D eigenvalue weighted by atomic mass is 10.1. The van der Waals surface area contributed by atoms with Crippen LogP contribution >= 0.6 is 0 Å². The minimum absolute atomic E-state index is 0.478. The summed E-state index contributed by atoms with van der Waals surface area (Å²) in [7, 11) is 5.02. The van der Waals surface area contributed by atoms with Crippen LogP contribution in [0.5, 0.6) is 11.5 Å². The van der Waals surface area contributed by atoms with Crippen LogP contribution in [0.2, 0.25) is 0 Å². The lowest BCUT2D eigenvalue weighted by molar-refractivity contribution is 0.181. The number of nitrogens with one attached hydrogen (secondary N) is 3. The summed E-state index contributed by atoms with van der Waals surface area (Å²) < 4.78 is 16.1. The van der Waals surface area contributed by atoms with E-state index in [1.165, 1.54) is 10.9 Å². The van der Waals surface area contributed by atoms with E-state index in [-0.39, 0.29) is 0 Å². The second-order valence-electron chi connectivity index (χ2n) is 7.41. The molecule has 0 aliphatic carbocycles. The fraction of sp³-hybridized carbons (Fsp3) is 0.240. The van der Waals surface area contributed by atoms with Gasteiger partial charge in [-0.2, -0.15) is 0 Å². The fourth-order valence-electron chi connectivity index (χ4n) is 3.70. The first-order valence-electron chi connectivity index (χ1n) is 10.5. The van der Waals surface area contributed by atoms with E-state index in [1.54, 1.807) is 27.5 Å². The lowest BCUT2D eigenvalue weighted by Crippen LogP contribution is -2.06. The van der Waals surface area contributed by atoms with Crippen LogP contribution in [0.1, 0.15) is 11.3 Å². The first kappa shape index (κ1) is 21.5. The van der Waals surface area contributed by atoms with E-state index in [2.05, 4.69) is 32.9 Å². The van der Waals surface area contributed by atoms with E-state index < -0.39 is 0 Å². The minimum atomic E-state index is 0.478. The zero-order chi connectivity index (χ0) is 22.3. The maximum Gasteiger partial charge on any atom is 0.144 e. The predicted octanol–water partition coefficient (Wildman–Crippen LogP) is 5.12. The lowest BCUT2D eigenvalue weighted by Gasteiger charge is -2.14. The quantitative estimate of drug-likeness (QED) is 0.323. The minimum Gasteiger partial charge on any atom is -0.497 e. The molecule has 0 aliphatic heterocycles. The number of methoxy groups -OCH3 is 3. The van der Waals surface area contributed by atoms with Crippen molar-refractivity contribution >= 4 is 28.0 Å². The van der Waals surface area contributed by atoms with Crippen molar-refractivity contribution in [1.29, 1.82) is 0 Å². The molecule has 7 nitrogen and oxygen atoms in total. The zero-order valence-electron chi connectivity index (χ0n) is 18.6. The van der Waals surface area contributed by atoms with Crippen LogP contribution in [-0.2, 0) is 17.8 Å². The highest BCUT2D eigenvalue weighted by Crippen LogP contribution is 2.30. The Morgan fingerprint density at radius 3 is 2.62 bits per heavy atom. The van der Waals surface area contributed by atoms with Gasteiger partial charge in [0.05, 0.1) is 32.2 Å². The number of nitrogens with zero attached hydrogens (tertiary/aromatic N) is 1. The Morgan fingerprint density at radius 1 is 0.938 bits per heavy atom. The second-order valence-corrected chi connectivity index (χ2v) is 7.41. The van der Waals surface area contributed by atoms with E-state index in [4.69, 9.17) is 14.2 Å². The Morgan fingerprint density at radius 2 is 1.81 bits per heavy atom. The van der Waals surface area contributed by atoms with E-state index in [0.717, 1.165) is 52.7 Å². The molecule has 32 heavy (non-hydrogen) atoms. The third kappa shape index (κ3) is 4.95. The SMILES string of the molecule is COCc1cc(Nc2ccc(NCCc3c[nH]c4cc(OC)ccc34)c(OC)c2)ccn1. The molecular weight excluding hydrogens is 404 g/mol. The molecule has 2 aromatic carbocycles. The molecule has 0 saturated carbocycles. The number of H-pyrrole nitrogens is 1. The highest BCUT2D eigenvalue weighted by atomic mass is 16.5. The molecule has 0 atom stereocenters. The number of aromatic amines is 1. The maximum atomic E-state index is 5.61. The molecule has 0 amide bonds. The summed E-state index contributed by atoms with van der Waals surface area (Å²) in [6, 6.07) is 16.0. The molecule has 2 heterocycles. The van der Waals surface area contributed by atoms with Crippen LogP contribution < -0.4 is 20.1 Å². The van der Waals surface area contributed by atoms with Crippen molar-refractivity contribution in [3.8, 4) is 11.5 Å². The van der Waals surface area contributed by atoms with Crippen LogP contribution in [0.25, 0.3) is 10.9 Å². The molecule has 0 spiro atoms. The topological polar surface area (TPSA) is 80.4 Å². The number of rotatable bonds is 10. The van der Waals surface area contributed by atoms with Gasteiger partial charge >= 0.3 is 0 Å². The molecule has 2 aromatic heterocycles. The van der Waals surface area contributed by atoms with Gasteiger partial charge in [0.25, 0.3) is 0 Å². The third-order valence-corrected chi connectivity index (χ3v) is 5.28. The van der Waals surface area contributed by atoms with Gasteiger partial charge in [0, 0.05) is 60.5 Å². The fourth-order valence-corrected chi connectivity index (χ4v) is 3.70. The normalized spacial score (nSPS) is 10.8. The van der Waals surface area contributed by atoms with E-state index in [1.807, 2.05) is 42.5 Å².